The maximum atomic E-state index is 12.3. The Bertz CT molecular complexity index is 617. The van der Waals surface area contributed by atoms with Gasteiger partial charge in [0.05, 0.1) is 6.61 Å². The zero-order chi connectivity index (χ0) is 14.5. The Morgan fingerprint density at radius 1 is 1.25 bits per heavy atom. The van der Waals surface area contributed by atoms with Crippen LogP contribution in [0, 0.1) is 6.92 Å². The van der Waals surface area contributed by atoms with E-state index in [1.54, 1.807) is 13.8 Å². The third-order valence-corrected chi connectivity index (χ3v) is 2.90. The van der Waals surface area contributed by atoms with E-state index in [0.29, 0.717) is 5.69 Å². The number of Topliss-reactive ketones (excluding diaryl/α,β-unsaturated/α-hetero) is 1. The Labute approximate surface area is 117 Å². The van der Waals surface area contributed by atoms with Crippen molar-refractivity contribution >= 4 is 11.8 Å². The summed E-state index contributed by atoms with van der Waals surface area (Å²) >= 11 is 0. The molecule has 5 nitrogen and oxygen atoms in total. The van der Waals surface area contributed by atoms with Gasteiger partial charge in [0, 0.05) is 12.1 Å². The Balaban J connectivity index is 2.25. The van der Waals surface area contributed by atoms with Crippen molar-refractivity contribution in [2.45, 2.75) is 20.3 Å². The Kier molecular flexibility index (Phi) is 4.30. The molecule has 0 spiro atoms. The number of carbonyl (C=O) groups is 2. The van der Waals surface area contributed by atoms with Crippen LogP contribution in [0.15, 0.2) is 30.3 Å². The largest absolute Gasteiger partial charge is 0.462 e. The zero-order valence-corrected chi connectivity index (χ0v) is 11.5. The van der Waals surface area contributed by atoms with Gasteiger partial charge in [0.1, 0.15) is 11.3 Å². The molecular weight excluding hydrogens is 256 g/mol. The number of rotatable bonds is 5. The molecule has 0 radical (unpaired) electrons. The highest BCUT2D eigenvalue weighted by Gasteiger charge is 2.24. The fourth-order valence-electron chi connectivity index (χ4n) is 1.95. The second kappa shape index (κ2) is 6.14. The third-order valence-electron chi connectivity index (χ3n) is 2.90. The molecule has 0 amide bonds. The smallest absolute Gasteiger partial charge is 0.342 e. The van der Waals surface area contributed by atoms with Gasteiger partial charge in [0.15, 0.2) is 5.78 Å². The van der Waals surface area contributed by atoms with Gasteiger partial charge in [0.2, 0.25) is 0 Å². The van der Waals surface area contributed by atoms with Crippen LogP contribution in [0.1, 0.15) is 39.0 Å². The Morgan fingerprint density at radius 3 is 2.60 bits per heavy atom. The number of esters is 1. The number of hydrogen-bond acceptors (Lipinski definition) is 4. The van der Waals surface area contributed by atoms with Crippen molar-refractivity contribution in [2.24, 2.45) is 0 Å². The van der Waals surface area contributed by atoms with Crippen molar-refractivity contribution < 1.29 is 14.3 Å². The quantitative estimate of drug-likeness (QED) is 0.669. The monoisotopic (exact) mass is 272 g/mol. The number of aromatic amines is 1. The van der Waals surface area contributed by atoms with Crippen LogP contribution in [0.25, 0.3) is 0 Å². The predicted octanol–water partition coefficient (Wildman–Crippen LogP) is 2.32. The molecule has 5 heteroatoms. The van der Waals surface area contributed by atoms with E-state index in [4.69, 9.17) is 4.74 Å². The molecule has 1 aromatic carbocycles. The van der Waals surface area contributed by atoms with Crippen molar-refractivity contribution in [1.29, 1.82) is 0 Å². The van der Waals surface area contributed by atoms with E-state index in [1.807, 2.05) is 30.3 Å². The van der Waals surface area contributed by atoms with Gasteiger partial charge in [0.25, 0.3) is 0 Å². The molecule has 0 saturated carbocycles. The summed E-state index contributed by atoms with van der Waals surface area (Å²) in [5.41, 5.74) is 1.80. The molecular formula is C15H16N2O3. The fraction of sp³-hybridized carbons (Fsp3) is 0.267. The van der Waals surface area contributed by atoms with Crippen LogP contribution < -0.4 is 0 Å². The summed E-state index contributed by atoms with van der Waals surface area (Å²) in [6.07, 6.45) is 0.206. The van der Waals surface area contributed by atoms with Gasteiger partial charge in [-0.3, -0.25) is 9.89 Å². The average molecular weight is 272 g/mol. The molecule has 104 valence electrons. The lowest BCUT2D eigenvalue weighted by atomic mass is 10.0. The van der Waals surface area contributed by atoms with Crippen LogP contribution in [0.4, 0.5) is 0 Å². The number of nitrogens with zero attached hydrogens (tertiary/aromatic N) is 1. The van der Waals surface area contributed by atoms with E-state index in [1.165, 1.54) is 0 Å². The molecule has 0 bridgehead atoms. The van der Waals surface area contributed by atoms with Gasteiger partial charge in [-0.1, -0.05) is 30.3 Å². The first-order valence-electron chi connectivity index (χ1n) is 6.42. The normalized spacial score (nSPS) is 10.3. The molecule has 0 atom stereocenters. The van der Waals surface area contributed by atoms with E-state index in [-0.39, 0.29) is 30.1 Å². The maximum Gasteiger partial charge on any atom is 0.342 e. The number of ether oxygens (including phenoxy) is 1. The van der Waals surface area contributed by atoms with Gasteiger partial charge in [-0.15, -0.1) is 0 Å². The van der Waals surface area contributed by atoms with Crippen LogP contribution in [0.2, 0.25) is 0 Å². The molecule has 1 heterocycles. The van der Waals surface area contributed by atoms with E-state index in [0.717, 1.165) is 5.56 Å². The van der Waals surface area contributed by atoms with Crippen LogP contribution >= 0.6 is 0 Å². The van der Waals surface area contributed by atoms with E-state index in [2.05, 4.69) is 10.2 Å². The molecule has 1 N–H and O–H groups in total. The molecule has 0 fully saturated rings. The highest BCUT2D eigenvalue weighted by Crippen LogP contribution is 2.15. The second-order valence-corrected chi connectivity index (χ2v) is 4.38. The van der Waals surface area contributed by atoms with Crippen molar-refractivity contribution in [3.63, 3.8) is 0 Å². The van der Waals surface area contributed by atoms with Crippen molar-refractivity contribution in [2.75, 3.05) is 6.61 Å². The van der Waals surface area contributed by atoms with Crippen molar-refractivity contribution in [3.05, 3.63) is 52.8 Å². The Morgan fingerprint density at radius 2 is 1.95 bits per heavy atom. The number of aromatic nitrogens is 2. The molecule has 2 aromatic rings. The average Bonchev–Trinajstić information content (AvgIpc) is 2.82. The van der Waals surface area contributed by atoms with Crippen molar-refractivity contribution in [3.8, 4) is 0 Å². The lowest BCUT2D eigenvalue weighted by Gasteiger charge is -2.03. The molecule has 0 aliphatic rings. The van der Waals surface area contributed by atoms with Crippen LogP contribution in [-0.4, -0.2) is 28.6 Å². The summed E-state index contributed by atoms with van der Waals surface area (Å²) in [7, 11) is 0. The van der Waals surface area contributed by atoms with E-state index >= 15 is 0 Å². The van der Waals surface area contributed by atoms with Gasteiger partial charge in [-0.05, 0) is 19.4 Å². The van der Waals surface area contributed by atoms with Crippen molar-refractivity contribution in [1.82, 2.24) is 10.2 Å². The summed E-state index contributed by atoms with van der Waals surface area (Å²) < 4.78 is 4.96. The maximum absolute atomic E-state index is 12.3. The predicted molar refractivity (Wildman–Crippen MR) is 73.8 cm³/mol. The van der Waals surface area contributed by atoms with Crippen LogP contribution in [-0.2, 0) is 11.2 Å². The zero-order valence-electron chi connectivity index (χ0n) is 11.5. The summed E-state index contributed by atoms with van der Waals surface area (Å²) in [6.45, 7) is 3.67. The van der Waals surface area contributed by atoms with E-state index < -0.39 is 5.97 Å². The Hall–Kier alpha value is -2.43. The molecule has 1 aromatic heterocycles. The lowest BCUT2D eigenvalue weighted by molar-refractivity contribution is 0.0522. The van der Waals surface area contributed by atoms with Gasteiger partial charge >= 0.3 is 5.97 Å². The molecule has 0 aliphatic heterocycles. The topological polar surface area (TPSA) is 72.1 Å². The van der Waals surface area contributed by atoms with E-state index in [9.17, 15) is 9.59 Å². The minimum absolute atomic E-state index is 0.143. The number of carbonyl (C=O) groups excluding carboxylic acids is 2. The molecule has 0 unspecified atom stereocenters. The third kappa shape index (κ3) is 2.93. The standard InChI is InChI=1S/C15H16N2O3/c1-3-20-15(19)13-10(2)16-17-14(13)12(18)9-11-7-5-4-6-8-11/h4-8H,3,9H2,1-2H3,(H,16,17). The number of H-pyrrole nitrogens is 1. The summed E-state index contributed by atoms with van der Waals surface area (Å²) in [5.74, 6) is -0.723. The fourth-order valence-corrected chi connectivity index (χ4v) is 1.95. The minimum atomic E-state index is -0.518. The first-order chi connectivity index (χ1) is 9.63. The SMILES string of the molecule is CCOC(=O)c1c(C(=O)Cc2ccccc2)n[nH]c1C. The second-order valence-electron chi connectivity index (χ2n) is 4.38. The highest BCUT2D eigenvalue weighted by atomic mass is 16.5. The first kappa shape index (κ1) is 14.0. The molecule has 2 rings (SSSR count). The molecule has 0 aliphatic carbocycles. The first-order valence-corrected chi connectivity index (χ1v) is 6.42. The number of nitrogens with one attached hydrogen (secondary N) is 1. The van der Waals surface area contributed by atoms with Gasteiger partial charge in [-0.2, -0.15) is 5.10 Å². The minimum Gasteiger partial charge on any atom is -0.462 e. The number of benzene rings is 1. The van der Waals surface area contributed by atoms with Crippen LogP contribution in [0.5, 0.6) is 0 Å². The lowest BCUT2D eigenvalue weighted by Crippen LogP contribution is -2.13. The number of ketones is 1. The molecule has 20 heavy (non-hydrogen) atoms. The highest BCUT2D eigenvalue weighted by molar-refractivity contribution is 6.06. The summed E-state index contributed by atoms with van der Waals surface area (Å²) in [6, 6.07) is 9.34. The van der Waals surface area contributed by atoms with Gasteiger partial charge < -0.3 is 4.74 Å². The van der Waals surface area contributed by atoms with Gasteiger partial charge in [-0.25, -0.2) is 4.79 Å². The summed E-state index contributed by atoms with van der Waals surface area (Å²) in [5, 5.41) is 6.61. The number of hydrogen-bond donors (Lipinski definition) is 1. The summed E-state index contributed by atoms with van der Waals surface area (Å²) in [4.78, 5) is 24.1. The molecule has 0 saturated heterocycles. The van der Waals surface area contributed by atoms with Crippen LogP contribution in [0.3, 0.4) is 0 Å². The number of aryl methyl sites for hydroxylation is 1.